The molecule has 0 heterocycles. The highest BCUT2D eigenvalue weighted by Gasteiger charge is 2.22. The predicted octanol–water partition coefficient (Wildman–Crippen LogP) is 4.73. The molecule has 0 saturated carbocycles. The van der Waals surface area contributed by atoms with Crippen LogP contribution in [0.4, 0.5) is 0 Å². The van der Waals surface area contributed by atoms with Crippen LogP contribution in [-0.2, 0) is 11.8 Å². The third-order valence-corrected chi connectivity index (χ3v) is 3.91. The van der Waals surface area contributed by atoms with E-state index in [0.29, 0.717) is 0 Å². The average molecular weight is 216 g/mol. The monoisotopic (exact) mass is 216 g/mol. The van der Waals surface area contributed by atoms with Gasteiger partial charge in [0.15, 0.2) is 0 Å². The highest BCUT2D eigenvalue weighted by molar-refractivity contribution is 5.43. The van der Waals surface area contributed by atoms with Crippen LogP contribution in [0.1, 0.15) is 68.7 Å². The van der Waals surface area contributed by atoms with Gasteiger partial charge < -0.3 is 0 Å². The number of fused-ring (bicyclic) bond motifs is 1. The van der Waals surface area contributed by atoms with Gasteiger partial charge in [-0.15, -0.1) is 0 Å². The molecule has 1 aliphatic rings. The van der Waals surface area contributed by atoms with Crippen molar-refractivity contribution in [3.05, 3.63) is 34.4 Å². The SMILES string of the molecule is Cc1cc2c(cc1C(C)(C)C)CCCC2C. The van der Waals surface area contributed by atoms with Crippen LogP contribution in [0, 0.1) is 6.92 Å². The molecule has 0 N–H and O–H groups in total. The molecular weight excluding hydrogens is 192 g/mol. The lowest BCUT2D eigenvalue weighted by atomic mass is 9.77. The van der Waals surface area contributed by atoms with Gasteiger partial charge in [-0.2, -0.15) is 0 Å². The topological polar surface area (TPSA) is 0 Å². The number of aryl methyl sites for hydroxylation is 2. The Balaban J connectivity index is 2.53. The maximum atomic E-state index is 2.47. The van der Waals surface area contributed by atoms with Crippen LogP contribution in [0.25, 0.3) is 0 Å². The Morgan fingerprint density at radius 3 is 2.50 bits per heavy atom. The van der Waals surface area contributed by atoms with Crippen LogP contribution < -0.4 is 0 Å². The van der Waals surface area contributed by atoms with Crippen molar-refractivity contribution in [1.82, 2.24) is 0 Å². The fraction of sp³-hybridized carbons (Fsp3) is 0.625. The van der Waals surface area contributed by atoms with E-state index in [4.69, 9.17) is 0 Å². The van der Waals surface area contributed by atoms with E-state index in [1.54, 1.807) is 11.1 Å². The summed E-state index contributed by atoms with van der Waals surface area (Å²) in [4.78, 5) is 0. The van der Waals surface area contributed by atoms with Gasteiger partial charge in [0, 0.05) is 0 Å². The largest absolute Gasteiger partial charge is 0.0584 e. The lowest BCUT2D eigenvalue weighted by molar-refractivity contribution is 0.567. The highest BCUT2D eigenvalue weighted by Crippen LogP contribution is 2.36. The minimum atomic E-state index is 0.278. The van der Waals surface area contributed by atoms with E-state index in [0.717, 1.165) is 5.92 Å². The first-order chi connectivity index (χ1) is 7.39. The molecule has 0 saturated heterocycles. The first kappa shape index (κ1) is 11.7. The molecule has 1 aromatic carbocycles. The summed E-state index contributed by atoms with van der Waals surface area (Å²) in [5, 5.41) is 0. The van der Waals surface area contributed by atoms with Gasteiger partial charge in [0.2, 0.25) is 0 Å². The van der Waals surface area contributed by atoms with Gasteiger partial charge in [0.25, 0.3) is 0 Å². The zero-order valence-corrected chi connectivity index (χ0v) is 11.4. The van der Waals surface area contributed by atoms with Crippen molar-refractivity contribution in [1.29, 1.82) is 0 Å². The van der Waals surface area contributed by atoms with Crippen LogP contribution in [0.3, 0.4) is 0 Å². The van der Waals surface area contributed by atoms with Crippen LogP contribution in [-0.4, -0.2) is 0 Å². The van der Waals surface area contributed by atoms with E-state index in [2.05, 4.69) is 46.8 Å². The van der Waals surface area contributed by atoms with Crippen LogP contribution in [0.15, 0.2) is 12.1 Å². The third kappa shape index (κ3) is 2.03. The summed E-state index contributed by atoms with van der Waals surface area (Å²) in [6, 6.07) is 4.92. The summed E-state index contributed by atoms with van der Waals surface area (Å²) in [7, 11) is 0. The minimum Gasteiger partial charge on any atom is -0.0584 e. The molecule has 16 heavy (non-hydrogen) atoms. The Labute approximate surface area is 100 Å². The molecule has 0 bridgehead atoms. The standard InChI is InChI=1S/C16H24/c1-11-7-6-8-13-10-15(16(3,4)5)12(2)9-14(11)13/h9-11H,6-8H2,1-5H3. The van der Waals surface area contributed by atoms with Crippen molar-refractivity contribution >= 4 is 0 Å². The second-order valence-corrected chi connectivity index (χ2v) is 6.41. The highest BCUT2D eigenvalue weighted by atomic mass is 14.3. The summed E-state index contributed by atoms with van der Waals surface area (Å²) < 4.78 is 0. The van der Waals surface area contributed by atoms with E-state index in [1.165, 1.54) is 30.4 Å². The molecule has 0 fully saturated rings. The average Bonchev–Trinajstić information content (AvgIpc) is 2.17. The molecule has 1 aromatic rings. The summed E-state index contributed by atoms with van der Waals surface area (Å²) in [6.45, 7) is 11.6. The Morgan fingerprint density at radius 2 is 1.88 bits per heavy atom. The van der Waals surface area contributed by atoms with E-state index < -0.39 is 0 Å². The summed E-state index contributed by atoms with van der Waals surface area (Å²) >= 11 is 0. The Bertz CT molecular complexity index is 393. The number of hydrogen-bond donors (Lipinski definition) is 0. The quantitative estimate of drug-likeness (QED) is 0.588. The Morgan fingerprint density at radius 1 is 1.19 bits per heavy atom. The number of benzene rings is 1. The fourth-order valence-corrected chi connectivity index (χ4v) is 3.01. The van der Waals surface area contributed by atoms with E-state index >= 15 is 0 Å². The van der Waals surface area contributed by atoms with Crippen molar-refractivity contribution in [3.63, 3.8) is 0 Å². The van der Waals surface area contributed by atoms with Crippen molar-refractivity contribution in [2.24, 2.45) is 0 Å². The van der Waals surface area contributed by atoms with Gasteiger partial charge in [-0.25, -0.2) is 0 Å². The van der Waals surface area contributed by atoms with Gasteiger partial charge >= 0.3 is 0 Å². The molecule has 1 unspecified atom stereocenters. The molecule has 0 amide bonds. The third-order valence-electron chi connectivity index (χ3n) is 3.91. The second kappa shape index (κ2) is 3.91. The fourth-order valence-electron chi connectivity index (χ4n) is 3.01. The lowest BCUT2D eigenvalue weighted by Gasteiger charge is -2.28. The van der Waals surface area contributed by atoms with Gasteiger partial charge in [0.05, 0.1) is 0 Å². The zero-order chi connectivity index (χ0) is 11.9. The zero-order valence-electron chi connectivity index (χ0n) is 11.4. The summed E-state index contributed by atoms with van der Waals surface area (Å²) in [5.41, 5.74) is 6.49. The van der Waals surface area contributed by atoms with Crippen molar-refractivity contribution < 1.29 is 0 Å². The molecule has 0 heteroatoms. The summed E-state index contributed by atoms with van der Waals surface area (Å²) in [6.07, 6.45) is 4.01. The van der Waals surface area contributed by atoms with Gasteiger partial charge in [0.1, 0.15) is 0 Å². The summed E-state index contributed by atoms with van der Waals surface area (Å²) in [5.74, 6) is 0.761. The second-order valence-electron chi connectivity index (χ2n) is 6.41. The molecule has 0 aromatic heterocycles. The van der Waals surface area contributed by atoms with Crippen LogP contribution in [0.2, 0.25) is 0 Å². The maximum absolute atomic E-state index is 2.47. The number of hydrogen-bond acceptors (Lipinski definition) is 0. The lowest BCUT2D eigenvalue weighted by Crippen LogP contribution is -2.16. The molecule has 0 radical (unpaired) electrons. The van der Waals surface area contributed by atoms with Crippen LogP contribution in [0.5, 0.6) is 0 Å². The van der Waals surface area contributed by atoms with Gasteiger partial charge in [-0.1, -0.05) is 39.8 Å². The van der Waals surface area contributed by atoms with Crippen molar-refractivity contribution in [2.75, 3.05) is 0 Å². The molecule has 1 atom stereocenters. The minimum absolute atomic E-state index is 0.278. The predicted molar refractivity (Wildman–Crippen MR) is 71.2 cm³/mol. The van der Waals surface area contributed by atoms with Gasteiger partial charge in [-0.05, 0) is 59.8 Å². The smallest absolute Gasteiger partial charge is 0.0129 e. The van der Waals surface area contributed by atoms with Crippen molar-refractivity contribution in [2.45, 2.75) is 65.2 Å². The molecule has 0 spiro atoms. The van der Waals surface area contributed by atoms with Crippen LogP contribution >= 0.6 is 0 Å². The number of rotatable bonds is 0. The first-order valence-corrected chi connectivity index (χ1v) is 6.53. The van der Waals surface area contributed by atoms with E-state index in [-0.39, 0.29) is 5.41 Å². The molecule has 2 rings (SSSR count). The van der Waals surface area contributed by atoms with Crippen molar-refractivity contribution in [3.8, 4) is 0 Å². The van der Waals surface area contributed by atoms with E-state index in [1.807, 2.05) is 0 Å². The molecule has 0 aliphatic heterocycles. The molecular formula is C16H24. The van der Waals surface area contributed by atoms with Gasteiger partial charge in [-0.3, -0.25) is 0 Å². The Hall–Kier alpha value is -0.780. The molecule has 1 aliphatic carbocycles. The normalized spacial score (nSPS) is 20.7. The maximum Gasteiger partial charge on any atom is -0.0129 e. The molecule has 88 valence electrons. The van der Waals surface area contributed by atoms with E-state index in [9.17, 15) is 0 Å². The molecule has 0 nitrogen and oxygen atoms in total. The first-order valence-electron chi connectivity index (χ1n) is 6.53. The Kier molecular flexibility index (Phi) is 2.86.